The summed E-state index contributed by atoms with van der Waals surface area (Å²) < 4.78 is 0. The first-order valence-electron chi connectivity index (χ1n) is 4.66. The van der Waals surface area contributed by atoms with E-state index < -0.39 is 5.97 Å². The first kappa shape index (κ1) is 9.05. The van der Waals surface area contributed by atoms with Gasteiger partial charge in [-0.05, 0) is 13.3 Å². The van der Waals surface area contributed by atoms with Gasteiger partial charge in [0.2, 0.25) is 0 Å². The van der Waals surface area contributed by atoms with E-state index >= 15 is 0 Å². The number of hydrogen-bond acceptors (Lipinski definition) is 3. The molecule has 1 aromatic rings. The zero-order valence-electron chi connectivity index (χ0n) is 8.03. The summed E-state index contributed by atoms with van der Waals surface area (Å²) in [7, 11) is 0. The molecule has 0 bridgehead atoms. The van der Waals surface area contributed by atoms with Gasteiger partial charge in [-0.2, -0.15) is 5.10 Å². The fourth-order valence-electron chi connectivity index (χ4n) is 1.74. The summed E-state index contributed by atoms with van der Waals surface area (Å²) in [6.07, 6.45) is 0.710. The van der Waals surface area contributed by atoms with E-state index in [1.54, 1.807) is 0 Å². The van der Waals surface area contributed by atoms with Gasteiger partial charge in [-0.3, -0.25) is 9.89 Å². The molecule has 0 amide bonds. The predicted octanol–water partition coefficient (Wildman–Crippen LogP) is 0.629. The third-order valence-electron chi connectivity index (χ3n) is 2.55. The lowest BCUT2D eigenvalue weighted by atomic mass is 10.1. The van der Waals surface area contributed by atoms with E-state index in [2.05, 4.69) is 10.2 Å². The second-order valence-electron chi connectivity index (χ2n) is 3.68. The normalized spacial score (nSPS) is 21.5. The van der Waals surface area contributed by atoms with Crippen LogP contribution in [0.5, 0.6) is 0 Å². The Morgan fingerprint density at radius 1 is 1.79 bits per heavy atom. The average Bonchev–Trinajstić information content (AvgIpc) is 2.70. The minimum absolute atomic E-state index is 0.244. The van der Waals surface area contributed by atoms with Crippen LogP contribution >= 0.6 is 0 Å². The number of carbonyl (C=O) groups is 1. The number of rotatable bonds is 2. The van der Waals surface area contributed by atoms with Gasteiger partial charge in [0.05, 0.1) is 5.92 Å². The van der Waals surface area contributed by atoms with Crippen LogP contribution in [0.15, 0.2) is 6.07 Å². The molecular formula is C9H13N3O2. The van der Waals surface area contributed by atoms with Gasteiger partial charge < -0.3 is 10.0 Å². The number of aromatic nitrogens is 2. The fourth-order valence-corrected chi connectivity index (χ4v) is 1.74. The zero-order chi connectivity index (χ0) is 10.1. The van der Waals surface area contributed by atoms with Crippen molar-refractivity contribution in [1.29, 1.82) is 0 Å². The van der Waals surface area contributed by atoms with Crippen LogP contribution < -0.4 is 4.90 Å². The quantitative estimate of drug-likeness (QED) is 0.726. The van der Waals surface area contributed by atoms with E-state index in [4.69, 9.17) is 5.11 Å². The molecule has 1 aliphatic rings. The van der Waals surface area contributed by atoms with Crippen LogP contribution in [-0.4, -0.2) is 34.4 Å². The van der Waals surface area contributed by atoms with Crippen molar-refractivity contribution in [3.63, 3.8) is 0 Å². The van der Waals surface area contributed by atoms with Gasteiger partial charge >= 0.3 is 5.97 Å². The molecule has 1 saturated heterocycles. The number of carboxylic acid groups (broad SMARTS) is 1. The highest BCUT2D eigenvalue weighted by molar-refractivity contribution is 5.71. The molecule has 1 atom stereocenters. The molecule has 0 radical (unpaired) electrons. The van der Waals surface area contributed by atoms with E-state index in [0.717, 1.165) is 18.1 Å². The molecule has 0 aliphatic carbocycles. The Kier molecular flexibility index (Phi) is 2.15. The van der Waals surface area contributed by atoms with E-state index in [1.165, 1.54) is 0 Å². The minimum atomic E-state index is -0.709. The van der Waals surface area contributed by atoms with Crippen molar-refractivity contribution in [2.45, 2.75) is 13.3 Å². The van der Waals surface area contributed by atoms with Crippen molar-refractivity contribution in [3.8, 4) is 0 Å². The molecule has 1 aliphatic heterocycles. The zero-order valence-corrected chi connectivity index (χ0v) is 8.03. The summed E-state index contributed by atoms with van der Waals surface area (Å²) in [5, 5.41) is 15.8. The van der Waals surface area contributed by atoms with Gasteiger partial charge in [0, 0.05) is 24.8 Å². The average molecular weight is 195 g/mol. The number of aromatic amines is 1. The summed E-state index contributed by atoms with van der Waals surface area (Å²) in [4.78, 5) is 12.7. The summed E-state index contributed by atoms with van der Waals surface area (Å²) >= 11 is 0. The van der Waals surface area contributed by atoms with Crippen LogP contribution in [0, 0.1) is 12.8 Å². The first-order chi connectivity index (χ1) is 6.66. The van der Waals surface area contributed by atoms with Crippen LogP contribution in [-0.2, 0) is 4.79 Å². The molecule has 5 nitrogen and oxygen atoms in total. The van der Waals surface area contributed by atoms with E-state index in [0.29, 0.717) is 13.0 Å². The Morgan fingerprint density at radius 2 is 2.57 bits per heavy atom. The number of anilines is 1. The lowest BCUT2D eigenvalue weighted by molar-refractivity contribution is -0.140. The van der Waals surface area contributed by atoms with Gasteiger partial charge in [-0.15, -0.1) is 0 Å². The third-order valence-corrected chi connectivity index (χ3v) is 2.55. The number of carboxylic acids is 1. The van der Waals surface area contributed by atoms with Crippen LogP contribution in [0.4, 0.5) is 5.82 Å². The van der Waals surface area contributed by atoms with Gasteiger partial charge in [0.25, 0.3) is 0 Å². The molecular weight excluding hydrogens is 182 g/mol. The Hall–Kier alpha value is -1.52. The Morgan fingerprint density at radius 3 is 3.07 bits per heavy atom. The maximum Gasteiger partial charge on any atom is 0.308 e. The third kappa shape index (κ3) is 1.57. The number of hydrogen-bond donors (Lipinski definition) is 2. The first-order valence-corrected chi connectivity index (χ1v) is 4.66. The molecule has 14 heavy (non-hydrogen) atoms. The van der Waals surface area contributed by atoms with E-state index in [9.17, 15) is 4.79 Å². The fraction of sp³-hybridized carbons (Fsp3) is 0.556. The summed E-state index contributed by atoms with van der Waals surface area (Å²) in [6, 6.07) is 1.93. The SMILES string of the molecule is Cc1cc(N2CC[C@H](C(=O)O)C2)n[nH]1. The largest absolute Gasteiger partial charge is 0.481 e. The monoisotopic (exact) mass is 195 g/mol. The van der Waals surface area contributed by atoms with Crippen molar-refractivity contribution in [2.75, 3.05) is 18.0 Å². The molecule has 2 N–H and O–H groups in total. The van der Waals surface area contributed by atoms with Crippen molar-refractivity contribution in [1.82, 2.24) is 10.2 Å². The number of aryl methyl sites for hydroxylation is 1. The summed E-state index contributed by atoms with van der Waals surface area (Å²) in [5.41, 5.74) is 0.999. The molecule has 0 saturated carbocycles. The molecule has 76 valence electrons. The predicted molar refractivity (Wildman–Crippen MR) is 51.3 cm³/mol. The van der Waals surface area contributed by atoms with Crippen molar-refractivity contribution < 1.29 is 9.90 Å². The highest BCUT2D eigenvalue weighted by atomic mass is 16.4. The van der Waals surface area contributed by atoms with Gasteiger partial charge in [0.15, 0.2) is 5.82 Å². The molecule has 1 aromatic heterocycles. The molecule has 1 fully saturated rings. The van der Waals surface area contributed by atoms with Crippen LogP contribution in [0.3, 0.4) is 0 Å². The Bertz CT molecular complexity index is 348. The number of aliphatic carboxylic acids is 1. The topological polar surface area (TPSA) is 69.2 Å². The van der Waals surface area contributed by atoms with Gasteiger partial charge in [0.1, 0.15) is 0 Å². The minimum Gasteiger partial charge on any atom is -0.481 e. The standard InChI is InChI=1S/C9H13N3O2/c1-6-4-8(11-10-6)12-3-2-7(5-12)9(13)14/h4,7H,2-3,5H2,1H3,(H,10,11)(H,13,14)/t7-/m0/s1. The number of nitrogens with one attached hydrogen (secondary N) is 1. The Labute approximate surface area is 81.7 Å². The van der Waals surface area contributed by atoms with Crippen LogP contribution in [0.2, 0.25) is 0 Å². The molecule has 0 spiro atoms. The van der Waals surface area contributed by atoms with Crippen molar-refractivity contribution in [3.05, 3.63) is 11.8 Å². The van der Waals surface area contributed by atoms with Crippen molar-refractivity contribution in [2.24, 2.45) is 5.92 Å². The van der Waals surface area contributed by atoms with E-state index in [1.807, 2.05) is 17.9 Å². The molecule has 2 rings (SSSR count). The molecule has 2 heterocycles. The Balaban J connectivity index is 2.05. The summed E-state index contributed by atoms with van der Waals surface area (Å²) in [6.45, 7) is 3.28. The lowest BCUT2D eigenvalue weighted by Gasteiger charge is -2.13. The second-order valence-corrected chi connectivity index (χ2v) is 3.68. The maximum atomic E-state index is 10.7. The highest BCUT2D eigenvalue weighted by Gasteiger charge is 2.28. The molecule has 0 aromatic carbocycles. The van der Waals surface area contributed by atoms with Gasteiger partial charge in [-0.1, -0.05) is 0 Å². The molecule has 5 heteroatoms. The maximum absolute atomic E-state index is 10.7. The van der Waals surface area contributed by atoms with Crippen molar-refractivity contribution >= 4 is 11.8 Å². The van der Waals surface area contributed by atoms with Crippen LogP contribution in [0.25, 0.3) is 0 Å². The molecule has 0 unspecified atom stereocenters. The second kappa shape index (κ2) is 3.32. The van der Waals surface area contributed by atoms with E-state index in [-0.39, 0.29) is 5.92 Å². The lowest BCUT2D eigenvalue weighted by Crippen LogP contribution is -2.22. The number of nitrogens with zero attached hydrogens (tertiary/aromatic N) is 2. The summed E-state index contributed by atoms with van der Waals surface area (Å²) in [5.74, 6) is -0.0991. The van der Waals surface area contributed by atoms with Crippen LogP contribution in [0.1, 0.15) is 12.1 Å². The highest BCUT2D eigenvalue weighted by Crippen LogP contribution is 2.22. The smallest absolute Gasteiger partial charge is 0.308 e. The number of H-pyrrole nitrogens is 1. The van der Waals surface area contributed by atoms with Gasteiger partial charge in [-0.25, -0.2) is 0 Å².